The fourth-order valence-corrected chi connectivity index (χ4v) is 5.11. The number of rotatable bonds is 3. The Labute approximate surface area is 163 Å². The molecule has 27 heavy (non-hydrogen) atoms. The third-order valence-corrected chi connectivity index (χ3v) is 7.00. The van der Waals surface area contributed by atoms with E-state index in [0.29, 0.717) is 49.9 Å². The number of nitrogens with zero attached hydrogens (tertiary/aromatic N) is 2. The van der Waals surface area contributed by atoms with Crippen LogP contribution in [0, 0.1) is 0 Å². The van der Waals surface area contributed by atoms with E-state index >= 15 is 0 Å². The summed E-state index contributed by atoms with van der Waals surface area (Å²) in [7, 11) is -3.55. The number of hydrogen-bond acceptors (Lipinski definition) is 4. The number of fused-ring (bicyclic) bond motifs is 1. The lowest BCUT2D eigenvalue weighted by Gasteiger charge is -2.26. The molecule has 1 saturated heterocycles. The SMILES string of the molecule is O=C(c1cccc(Cl)c1)N1CCc2cc(S(=O)(=O)N3CCOCC3)ccc21. The number of amides is 1. The lowest BCUT2D eigenvalue weighted by atomic mass is 10.1. The minimum absolute atomic E-state index is 0.139. The Bertz CT molecular complexity index is 987. The zero-order chi connectivity index (χ0) is 19.0. The van der Waals surface area contributed by atoms with Crippen molar-refractivity contribution in [1.29, 1.82) is 0 Å². The van der Waals surface area contributed by atoms with Crippen LogP contribution in [0.1, 0.15) is 15.9 Å². The predicted octanol–water partition coefficient (Wildman–Crippen LogP) is 2.56. The molecule has 2 aliphatic heterocycles. The van der Waals surface area contributed by atoms with Crippen LogP contribution in [0.2, 0.25) is 5.02 Å². The van der Waals surface area contributed by atoms with Gasteiger partial charge in [-0.1, -0.05) is 17.7 Å². The van der Waals surface area contributed by atoms with Crippen LogP contribution in [-0.4, -0.2) is 51.5 Å². The standard InChI is InChI=1S/C19H19ClN2O4S/c20-16-3-1-2-15(12-16)19(23)22-7-6-14-13-17(4-5-18(14)22)27(24,25)21-8-10-26-11-9-21/h1-5,12-13H,6-11H2. The lowest BCUT2D eigenvalue weighted by molar-refractivity contribution is 0.0730. The highest BCUT2D eigenvalue weighted by molar-refractivity contribution is 7.89. The quantitative estimate of drug-likeness (QED) is 0.785. The van der Waals surface area contributed by atoms with E-state index in [1.807, 2.05) is 0 Å². The summed E-state index contributed by atoms with van der Waals surface area (Å²) in [6.45, 7) is 2.05. The van der Waals surface area contributed by atoms with Crippen LogP contribution in [0.3, 0.4) is 0 Å². The molecule has 0 spiro atoms. The zero-order valence-corrected chi connectivity index (χ0v) is 16.2. The molecular weight excluding hydrogens is 388 g/mol. The second kappa shape index (κ2) is 7.24. The van der Waals surface area contributed by atoms with E-state index in [9.17, 15) is 13.2 Å². The summed E-state index contributed by atoms with van der Waals surface area (Å²) in [4.78, 5) is 14.8. The molecule has 2 aromatic rings. The number of anilines is 1. The van der Waals surface area contributed by atoms with Crippen LogP contribution < -0.4 is 4.90 Å². The van der Waals surface area contributed by atoms with Gasteiger partial charge in [-0.25, -0.2) is 8.42 Å². The van der Waals surface area contributed by atoms with Gasteiger partial charge in [0.05, 0.1) is 18.1 Å². The monoisotopic (exact) mass is 406 g/mol. The first kappa shape index (κ1) is 18.4. The molecule has 2 aliphatic rings. The average molecular weight is 407 g/mol. The maximum absolute atomic E-state index is 12.8. The molecule has 2 heterocycles. The Morgan fingerprint density at radius 3 is 2.56 bits per heavy atom. The summed E-state index contributed by atoms with van der Waals surface area (Å²) in [5.41, 5.74) is 2.13. The summed E-state index contributed by atoms with van der Waals surface area (Å²) in [5.74, 6) is -0.139. The van der Waals surface area contributed by atoms with Gasteiger partial charge in [0.1, 0.15) is 0 Å². The van der Waals surface area contributed by atoms with Crippen molar-refractivity contribution in [3.05, 3.63) is 58.6 Å². The number of sulfonamides is 1. The van der Waals surface area contributed by atoms with Gasteiger partial charge < -0.3 is 9.64 Å². The van der Waals surface area contributed by atoms with E-state index in [-0.39, 0.29) is 10.8 Å². The van der Waals surface area contributed by atoms with Gasteiger partial charge in [-0.2, -0.15) is 4.31 Å². The van der Waals surface area contributed by atoms with Gasteiger partial charge in [0, 0.05) is 35.9 Å². The predicted molar refractivity (Wildman–Crippen MR) is 103 cm³/mol. The van der Waals surface area contributed by atoms with Crippen molar-refractivity contribution >= 4 is 33.2 Å². The largest absolute Gasteiger partial charge is 0.379 e. The van der Waals surface area contributed by atoms with Crippen molar-refractivity contribution < 1.29 is 17.9 Å². The van der Waals surface area contributed by atoms with Crippen molar-refractivity contribution in [3.63, 3.8) is 0 Å². The first-order valence-electron chi connectivity index (χ1n) is 8.75. The van der Waals surface area contributed by atoms with Crippen LogP contribution in [0.15, 0.2) is 47.4 Å². The fraction of sp³-hybridized carbons (Fsp3) is 0.316. The Balaban J connectivity index is 1.62. The first-order valence-corrected chi connectivity index (χ1v) is 10.6. The molecule has 0 bridgehead atoms. The van der Waals surface area contributed by atoms with Gasteiger partial charge in [0.15, 0.2) is 0 Å². The number of carbonyl (C=O) groups excluding carboxylic acids is 1. The highest BCUT2D eigenvalue weighted by atomic mass is 35.5. The number of benzene rings is 2. The second-order valence-electron chi connectivity index (χ2n) is 6.52. The van der Waals surface area contributed by atoms with Gasteiger partial charge in [-0.3, -0.25) is 4.79 Å². The highest BCUT2D eigenvalue weighted by Crippen LogP contribution is 2.32. The molecule has 6 nitrogen and oxygen atoms in total. The Hall–Kier alpha value is -1.93. The normalized spacial score (nSPS) is 17.7. The first-order chi connectivity index (χ1) is 13.0. The number of halogens is 1. The number of morpholine rings is 1. The molecule has 4 rings (SSSR count). The summed E-state index contributed by atoms with van der Waals surface area (Å²) in [5, 5.41) is 0.507. The zero-order valence-electron chi connectivity index (χ0n) is 14.6. The minimum atomic E-state index is -3.55. The average Bonchev–Trinajstić information content (AvgIpc) is 3.11. The summed E-state index contributed by atoms with van der Waals surface area (Å²) >= 11 is 5.99. The van der Waals surface area contributed by atoms with Gasteiger partial charge in [0.2, 0.25) is 10.0 Å². The maximum atomic E-state index is 12.8. The Morgan fingerprint density at radius 1 is 1.04 bits per heavy atom. The summed E-state index contributed by atoms with van der Waals surface area (Å²) in [6, 6.07) is 11.8. The van der Waals surface area contributed by atoms with E-state index < -0.39 is 10.0 Å². The van der Waals surface area contributed by atoms with Gasteiger partial charge >= 0.3 is 0 Å². The van der Waals surface area contributed by atoms with Crippen molar-refractivity contribution in [2.45, 2.75) is 11.3 Å². The van der Waals surface area contributed by atoms with Gasteiger partial charge in [-0.15, -0.1) is 0 Å². The summed E-state index contributed by atoms with van der Waals surface area (Å²) in [6.07, 6.45) is 0.619. The molecule has 8 heteroatoms. The van der Waals surface area contributed by atoms with Gasteiger partial charge in [0.25, 0.3) is 5.91 Å². The number of ether oxygens (including phenoxy) is 1. The molecule has 0 radical (unpaired) electrons. The molecule has 1 fully saturated rings. The van der Waals surface area contributed by atoms with E-state index in [0.717, 1.165) is 11.3 Å². The third-order valence-electron chi connectivity index (χ3n) is 4.87. The van der Waals surface area contributed by atoms with Crippen LogP contribution in [0.4, 0.5) is 5.69 Å². The summed E-state index contributed by atoms with van der Waals surface area (Å²) < 4.78 is 32.4. The third kappa shape index (κ3) is 3.48. The molecule has 0 aliphatic carbocycles. The van der Waals surface area contributed by atoms with Crippen LogP contribution in [0.5, 0.6) is 0 Å². The van der Waals surface area contributed by atoms with Crippen molar-refractivity contribution in [3.8, 4) is 0 Å². The highest BCUT2D eigenvalue weighted by Gasteiger charge is 2.30. The van der Waals surface area contributed by atoms with E-state index in [2.05, 4.69) is 0 Å². The minimum Gasteiger partial charge on any atom is -0.379 e. The molecule has 0 saturated carbocycles. The van der Waals surface area contributed by atoms with Crippen LogP contribution in [0.25, 0.3) is 0 Å². The lowest BCUT2D eigenvalue weighted by Crippen LogP contribution is -2.40. The molecule has 0 unspecified atom stereocenters. The Kier molecular flexibility index (Phi) is 4.94. The fourth-order valence-electron chi connectivity index (χ4n) is 3.46. The molecule has 1 amide bonds. The van der Waals surface area contributed by atoms with E-state index in [1.54, 1.807) is 47.4 Å². The van der Waals surface area contributed by atoms with E-state index in [1.165, 1.54) is 4.31 Å². The molecule has 0 N–H and O–H groups in total. The van der Waals surface area contributed by atoms with E-state index in [4.69, 9.17) is 16.3 Å². The van der Waals surface area contributed by atoms with Crippen molar-refractivity contribution in [2.24, 2.45) is 0 Å². The van der Waals surface area contributed by atoms with Gasteiger partial charge in [-0.05, 0) is 48.4 Å². The smallest absolute Gasteiger partial charge is 0.258 e. The molecule has 142 valence electrons. The molecule has 2 aromatic carbocycles. The van der Waals surface area contributed by atoms with Crippen LogP contribution in [-0.2, 0) is 21.2 Å². The van der Waals surface area contributed by atoms with Crippen LogP contribution >= 0.6 is 11.6 Å². The number of carbonyl (C=O) groups is 1. The Morgan fingerprint density at radius 2 is 1.81 bits per heavy atom. The second-order valence-corrected chi connectivity index (χ2v) is 8.90. The molecular formula is C19H19ClN2O4S. The van der Waals surface area contributed by atoms with Crippen molar-refractivity contribution in [2.75, 3.05) is 37.7 Å². The number of hydrogen-bond donors (Lipinski definition) is 0. The molecule has 0 aromatic heterocycles. The maximum Gasteiger partial charge on any atom is 0.258 e. The topological polar surface area (TPSA) is 66.9 Å². The molecule has 0 atom stereocenters. The van der Waals surface area contributed by atoms with Crippen molar-refractivity contribution in [1.82, 2.24) is 4.31 Å².